The molecule has 142 valence electrons. The number of aryl methyl sites for hydroxylation is 1. The molecule has 1 heterocycles. The summed E-state index contributed by atoms with van der Waals surface area (Å²) in [6.07, 6.45) is 4.06. The molecule has 1 aliphatic heterocycles. The lowest BCUT2D eigenvalue weighted by atomic mass is 10.1. The van der Waals surface area contributed by atoms with Crippen LogP contribution in [0.3, 0.4) is 0 Å². The Morgan fingerprint density at radius 1 is 0.889 bits per heavy atom. The number of benzene rings is 2. The summed E-state index contributed by atoms with van der Waals surface area (Å²) in [7, 11) is 0. The molecule has 2 aromatic carbocycles. The molecule has 2 N–H and O–H groups in total. The molecule has 0 radical (unpaired) electrons. The number of anilines is 2. The van der Waals surface area contributed by atoms with E-state index in [1.165, 1.54) is 24.9 Å². The zero-order chi connectivity index (χ0) is 19.1. The van der Waals surface area contributed by atoms with E-state index in [4.69, 9.17) is 0 Å². The Labute approximate surface area is 160 Å². The summed E-state index contributed by atoms with van der Waals surface area (Å²) in [4.78, 5) is 26.4. The molecule has 0 aliphatic carbocycles. The first-order chi connectivity index (χ1) is 13.1. The van der Waals surface area contributed by atoms with Crippen molar-refractivity contribution in [2.24, 2.45) is 0 Å². The topological polar surface area (TPSA) is 61.4 Å². The fourth-order valence-corrected chi connectivity index (χ4v) is 3.25. The maximum Gasteiger partial charge on any atom is 0.243 e. The van der Waals surface area contributed by atoms with Gasteiger partial charge < -0.3 is 15.5 Å². The van der Waals surface area contributed by atoms with Crippen LogP contribution in [-0.4, -0.2) is 31.4 Å². The molecule has 0 aromatic heterocycles. The second kappa shape index (κ2) is 9.21. The molecule has 5 nitrogen and oxygen atoms in total. The summed E-state index contributed by atoms with van der Waals surface area (Å²) in [5.74, 6) is -0.382. The van der Waals surface area contributed by atoms with E-state index in [-0.39, 0.29) is 24.8 Å². The summed E-state index contributed by atoms with van der Waals surface area (Å²) in [5.41, 5.74) is 4.03. The lowest BCUT2D eigenvalue weighted by Crippen LogP contribution is -2.33. The smallest absolute Gasteiger partial charge is 0.243 e. The SMILES string of the molecule is Cc1ccc(CC(=O)NCC(=O)Nc2ccc(N3CCCCC3)cc2)cc1. The first kappa shape index (κ1) is 19.0. The van der Waals surface area contributed by atoms with Crippen molar-refractivity contribution in [3.63, 3.8) is 0 Å². The van der Waals surface area contributed by atoms with Crippen LogP contribution in [0.1, 0.15) is 30.4 Å². The van der Waals surface area contributed by atoms with E-state index in [0.29, 0.717) is 0 Å². The van der Waals surface area contributed by atoms with E-state index in [0.717, 1.165) is 29.9 Å². The Morgan fingerprint density at radius 3 is 2.22 bits per heavy atom. The number of hydrogen-bond donors (Lipinski definition) is 2. The third-order valence-electron chi connectivity index (χ3n) is 4.80. The number of carbonyl (C=O) groups excluding carboxylic acids is 2. The Hall–Kier alpha value is -2.82. The Morgan fingerprint density at radius 2 is 1.56 bits per heavy atom. The fourth-order valence-electron chi connectivity index (χ4n) is 3.25. The third-order valence-corrected chi connectivity index (χ3v) is 4.80. The Kier molecular flexibility index (Phi) is 6.47. The van der Waals surface area contributed by atoms with Gasteiger partial charge in [0.1, 0.15) is 0 Å². The van der Waals surface area contributed by atoms with Crippen LogP contribution in [0, 0.1) is 6.92 Å². The van der Waals surface area contributed by atoms with Gasteiger partial charge in [0.05, 0.1) is 13.0 Å². The van der Waals surface area contributed by atoms with Gasteiger partial charge in [-0.3, -0.25) is 9.59 Å². The summed E-state index contributed by atoms with van der Waals surface area (Å²) in [6.45, 7) is 4.17. The molecule has 0 atom stereocenters. The average Bonchev–Trinajstić information content (AvgIpc) is 2.69. The predicted octanol–water partition coefficient (Wildman–Crippen LogP) is 3.28. The quantitative estimate of drug-likeness (QED) is 0.826. The zero-order valence-corrected chi connectivity index (χ0v) is 15.8. The number of rotatable bonds is 6. The minimum atomic E-state index is -0.224. The molecule has 2 amide bonds. The van der Waals surface area contributed by atoms with E-state index >= 15 is 0 Å². The minimum absolute atomic E-state index is 0.0292. The standard InChI is InChI=1S/C22H27N3O2/c1-17-5-7-18(8-6-17)15-21(26)23-16-22(27)24-19-9-11-20(12-10-19)25-13-3-2-4-14-25/h5-12H,2-4,13-16H2,1H3,(H,23,26)(H,24,27). The summed E-state index contributed by atoms with van der Waals surface area (Å²) < 4.78 is 0. The number of hydrogen-bond acceptors (Lipinski definition) is 3. The van der Waals surface area contributed by atoms with Crippen molar-refractivity contribution in [3.8, 4) is 0 Å². The molecule has 3 rings (SSSR count). The molecule has 5 heteroatoms. The van der Waals surface area contributed by atoms with Crippen molar-refractivity contribution < 1.29 is 9.59 Å². The van der Waals surface area contributed by atoms with Crippen LogP contribution in [0.15, 0.2) is 48.5 Å². The Balaban J connectivity index is 1.43. The second-order valence-electron chi connectivity index (χ2n) is 7.08. The molecule has 0 unspecified atom stereocenters. The van der Waals surface area contributed by atoms with Crippen LogP contribution in [0.4, 0.5) is 11.4 Å². The number of piperidine rings is 1. The van der Waals surface area contributed by atoms with E-state index in [1.54, 1.807) is 0 Å². The van der Waals surface area contributed by atoms with Gasteiger partial charge in [0, 0.05) is 24.5 Å². The summed E-state index contributed by atoms with van der Waals surface area (Å²) in [6, 6.07) is 15.7. The van der Waals surface area contributed by atoms with Gasteiger partial charge in [-0.2, -0.15) is 0 Å². The molecule has 1 aliphatic rings. The van der Waals surface area contributed by atoms with Gasteiger partial charge in [0.15, 0.2) is 0 Å². The second-order valence-corrected chi connectivity index (χ2v) is 7.08. The molecular formula is C22H27N3O2. The van der Waals surface area contributed by atoms with Gasteiger partial charge in [0.2, 0.25) is 11.8 Å². The van der Waals surface area contributed by atoms with Crippen molar-refractivity contribution in [3.05, 3.63) is 59.7 Å². The molecule has 1 saturated heterocycles. The first-order valence-corrected chi connectivity index (χ1v) is 9.57. The van der Waals surface area contributed by atoms with Crippen molar-refractivity contribution in [2.75, 3.05) is 29.9 Å². The molecule has 0 saturated carbocycles. The molecule has 0 spiro atoms. The maximum atomic E-state index is 12.1. The van der Waals surface area contributed by atoms with E-state index < -0.39 is 0 Å². The molecule has 2 aromatic rings. The zero-order valence-electron chi connectivity index (χ0n) is 15.8. The van der Waals surface area contributed by atoms with Crippen LogP contribution in [0.5, 0.6) is 0 Å². The highest BCUT2D eigenvalue weighted by Crippen LogP contribution is 2.21. The van der Waals surface area contributed by atoms with Gasteiger partial charge in [0.25, 0.3) is 0 Å². The normalized spacial score (nSPS) is 13.9. The molecule has 1 fully saturated rings. The number of nitrogens with zero attached hydrogens (tertiary/aromatic N) is 1. The van der Waals surface area contributed by atoms with Crippen molar-refractivity contribution >= 4 is 23.2 Å². The highest BCUT2D eigenvalue weighted by atomic mass is 16.2. The lowest BCUT2D eigenvalue weighted by Gasteiger charge is -2.28. The average molecular weight is 365 g/mol. The van der Waals surface area contributed by atoms with Gasteiger partial charge >= 0.3 is 0 Å². The fraction of sp³-hybridized carbons (Fsp3) is 0.364. The van der Waals surface area contributed by atoms with Crippen LogP contribution in [0.25, 0.3) is 0 Å². The van der Waals surface area contributed by atoms with E-state index in [9.17, 15) is 9.59 Å². The maximum absolute atomic E-state index is 12.1. The number of amides is 2. The summed E-state index contributed by atoms with van der Waals surface area (Å²) in [5, 5.41) is 5.50. The highest BCUT2D eigenvalue weighted by Gasteiger charge is 2.11. The first-order valence-electron chi connectivity index (χ1n) is 9.57. The van der Waals surface area contributed by atoms with Crippen LogP contribution < -0.4 is 15.5 Å². The van der Waals surface area contributed by atoms with Crippen molar-refractivity contribution in [1.82, 2.24) is 5.32 Å². The number of carbonyl (C=O) groups is 2. The Bertz CT molecular complexity index is 763. The van der Waals surface area contributed by atoms with Gasteiger partial charge in [-0.25, -0.2) is 0 Å². The van der Waals surface area contributed by atoms with E-state index in [1.807, 2.05) is 55.5 Å². The van der Waals surface area contributed by atoms with E-state index in [2.05, 4.69) is 15.5 Å². The van der Waals surface area contributed by atoms with Gasteiger partial charge in [-0.05, 0) is 56.0 Å². The third kappa shape index (κ3) is 5.84. The summed E-state index contributed by atoms with van der Waals surface area (Å²) >= 11 is 0. The molecule has 0 bridgehead atoms. The highest BCUT2D eigenvalue weighted by molar-refractivity contribution is 5.94. The van der Waals surface area contributed by atoms with Crippen LogP contribution in [0.2, 0.25) is 0 Å². The number of nitrogens with one attached hydrogen (secondary N) is 2. The monoisotopic (exact) mass is 365 g/mol. The minimum Gasteiger partial charge on any atom is -0.372 e. The van der Waals surface area contributed by atoms with Crippen molar-refractivity contribution in [2.45, 2.75) is 32.6 Å². The predicted molar refractivity (Wildman–Crippen MR) is 109 cm³/mol. The van der Waals surface area contributed by atoms with Gasteiger partial charge in [-0.15, -0.1) is 0 Å². The lowest BCUT2D eigenvalue weighted by molar-refractivity contribution is -0.123. The molecule has 27 heavy (non-hydrogen) atoms. The van der Waals surface area contributed by atoms with Crippen LogP contribution >= 0.6 is 0 Å². The largest absolute Gasteiger partial charge is 0.372 e. The van der Waals surface area contributed by atoms with Gasteiger partial charge in [-0.1, -0.05) is 29.8 Å². The molecular weight excluding hydrogens is 338 g/mol. The van der Waals surface area contributed by atoms with Crippen LogP contribution in [-0.2, 0) is 16.0 Å². The van der Waals surface area contributed by atoms with Crippen molar-refractivity contribution in [1.29, 1.82) is 0 Å².